The van der Waals surface area contributed by atoms with E-state index in [0.29, 0.717) is 16.5 Å². The Morgan fingerprint density at radius 2 is 1.84 bits per heavy atom. The number of urea groups is 1. The lowest BCUT2D eigenvalue weighted by atomic mass is 9.91. The van der Waals surface area contributed by atoms with E-state index >= 15 is 4.39 Å². The van der Waals surface area contributed by atoms with E-state index < -0.39 is 83.6 Å². The Morgan fingerprint density at radius 1 is 1.13 bits per heavy atom. The van der Waals surface area contributed by atoms with Gasteiger partial charge in [-0.2, -0.15) is 13.2 Å². The molecule has 1 saturated heterocycles. The van der Waals surface area contributed by atoms with Crippen molar-refractivity contribution in [2.75, 3.05) is 31.8 Å². The number of pyridine rings is 1. The first kappa shape index (κ1) is 32.5. The van der Waals surface area contributed by atoms with Gasteiger partial charge in [0, 0.05) is 43.4 Å². The molecule has 2 heterocycles. The lowest BCUT2D eigenvalue weighted by Crippen LogP contribution is -2.59. The Hall–Kier alpha value is -3.88. The molecule has 1 unspecified atom stereocenters. The van der Waals surface area contributed by atoms with Gasteiger partial charge in [-0.25, -0.2) is 22.8 Å². The summed E-state index contributed by atoms with van der Waals surface area (Å²) in [6.07, 6.45) is -3.24. The van der Waals surface area contributed by atoms with Crippen LogP contribution in [0, 0.1) is 5.82 Å². The quantitative estimate of drug-likeness (QED) is 0.323. The molecule has 45 heavy (non-hydrogen) atoms. The summed E-state index contributed by atoms with van der Waals surface area (Å²) in [4.78, 5) is 46.4. The monoisotopic (exact) mass is 642 g/mol. The lowest BCUT2D eigenvalue weighted by molar-refractivity contribution is -0.150. The molecule has 2 atom stereocenters. The number of amides is 3. The number of methoxy groups -OCH3 is 1. The number of ether oxygens (including phenoxy) is 2. The minimum atomic E-state index is -5.03. The molecule has 1 aromatic heterocycles. The summed E-state index contributed by atoms with van der Waals surface area (Å²) in [5.74, 6) is -5.91. The number of benzene rings is 1. The molecule has 0 spiro atoms. The van der Waals surface area contributed by atoms with Crippen LogP contribution < -0.4 is 10.2 Å². The fraction of sp³-hybridized carbons (Fsp3) is 0.533. The second-order valence-electron chi connectivity index (χ2n) is 11.4. The van der Waals surface area contributed by atoms with Gasteiger partial charge in [0.25, 0.3) is 0 Å². The van der Waals surface area contributed by atoms with Gasteiger partial charge in [0.15, 0.2) is 6.04 Å². The Morgan fingerprint density at radius 3 is 2.47 bits per heavy atom. The molecular formula is C30H32F6N4O5. The van der Waals surface area contributed by atoms with E-state index in [-0.39, 0.29) is 38.5 Å². The first-order valence-electron chi connectivity index (χ1n) is 14.5. The zero-order valence-electron chi connectivity index (χ0n) is 24.3. The number of aromatic nitrogens is 1. The number of hydrogen-bond donors (Lipinski definition) is 1. The Balaban J connectivity index is 1.65. The highest BCUT2D eigenvalue weighted by molar-refractivity contribution is 6.02. The van der Waals surface area contributed by atoms with Crippen LogP contribution in [-0.2, 0) is 25.2 Å². The lowest BCUT2D eigenvalue weighted by Gasteiger charge is -2.40. The predicted molar refractivity (Wildman–Crippen MR) is 147 cm³/mol. The zero-order chi connectivity index (χ0) is 32.5. The van der Waals surface area contributed by atoms with Gasteiger partial charge in [0.05, 0.1) is 31.6 Å². The van der Waals surface area contributed by atoms with Gasteiger partial charge in [0.1, 0.15) is 11.9 Å². The SMILES string of the molecule is COC(=O)[C@H]1COCCN1C(=O)N(c1ccc(C2CC2)cc1F)C(C(=O)NC1CCC(F)(F)CC1)c1cnccc1C(F)(F)F. The number of halogens is 6. The second-order valence-corrected chi connectivity index (χ2v) is 11.4. The normalized spacial score (nSPS) is 21.1. The molecule has 3 aliphatic rings. The van der Waals surface area contributed by atoms with Crippen molar-refractivity contribution in [3.05, 3.63) is 59.2 Å². The van der Waals surface area contributed by atoms with Gasteiger partial charge in [0.2, 0.25) is 11.8 Å². The van der Waals surface area contributed by atoms with Crippen molar-refractivity contribution in [2.45, 2.75) is 74.7 Å². The van der Waals surface area contributed by atoms with Crippen LogP contribution in [0.4, 0.5) is 36.8 Å². The van der Waals surface area contributed by atoms with Gasteiger partial charge < -0.3 is 19.7 Å². The number of morpholine rings is 1. The minimum absolute atomic E-state index is 0.0655. The smallest absolute Gasteiger partial charge is 0.416 e. The summed E-state index contributed by atoms with van der Waals surface area (Å²) in [5, 5.41) is 2.53. The Labute approximate surface area is 254 Å². The molecule has 15 heteroatoms. The van der Waals surface area contributed by atoms with Crippen LogP contribution in [0.1, 0.15) is 67.2 Å². The fourth-order valence-electron chi connectivity index (χ4n) is 5.79. The maximum Gasteiger partial charge on any atom is 0.416 e. The summed E-state index contributed by atoms with van der Waals surface area (Å²) < 4.78 is 96.9. The molecule has 3 fully saturated rings. The number of nitrogens with one attached hydrogen (secondary N) is 1. The fourth-order valence-corrected chi connectivity index (χ4v) is 5.79. The van der Waals surface area contributed by atoms with Crippen LogP contribution in [0.3, 0.4) is 0 Å². The first-order valence-corrected chi connectivity index (χ1v) is 14.5. The molecule has 1 N–H and O–H groups in total. The highest BCUT2D eigenvalue weighted by Crippen LogP contribution is 2.43. The highest BCUT2D eigenvalue weighted by atomic mass is 19.4. The zero-order valence-corrected chi connectivity index (χ0v) is 24.3. The predicted octanol–water partition coefficient (Wildman–Crippen LogP) is 5.35. The molecule has 1 aliphatic heterocycles. The molecule has 1 aromatic carbocycles. The largest absolute Gasteiger partial charge is 0.467 e. The molecule has 0 bridgehead atoms. The summed E-state index contributed by atoms with van der Waals surface area (Å²) in [7, 11) is 1.07. The molecule has 2 aliphatic carbocycles. The number of anilines is 1. The number of nitrogens with zero attached hydrogens (tertiary/aromatic N) is 3. The number of rotatable bonds is 7. The van der Waals surface area contributed by atoms with E-state index in [1.165, 1.54) is 12.1 Å². The maximum atomic E-state index is 16.0. The molecule has 2 saturated carbocycles. The van der Waals surface area contributed by atoms with E-state index in [9.17, 15) is 36.3 Å². The van der Waals surface area contributed by atoms with Crippen LogP contribution in [0.2, 0.25) is 0 Å². The summed E-state index contributed by atoms with van der Waals surface area (Å²) in [5.41, 5.74) is -1.99. The number of alkyl halides is 5. The topological polar surface area (TPSA) is 101 Å². The van der Waals surface area contributed by atoms with Gasteiger partial charge in [-0.05, 0) is 55.4 Å². The van der Waals surface area contributed by atoms with Crippen molar-refractivity contribution in [3.63, 3.8) is 0 Å². The number of carbonyl (C=O) groups excluding carboxylic acids is 3. The molecule has 9 nitrogen and oxygen atoms in total. The number of carbonyl (C=O) groups is 3. The molecule has 2 aromatic rings. The molecule has 244 valence electrons. The van der Waals surface area contributed by atoms with Crippen LogP contribution in [-0.4, -0.2) is 72.7 Å². The van der Waals surface area contributed by atoms with Gasteiger partial charge in [-0.15, -0.1) is 0 Å². The van der Waals surface area contributed by atoms with Crippen molar-refractivity contribution in [3.8, 4) is 0 Å². The molecule has 3 amide bonds. The summed E-state index contributed by atoms with van der Waals surface area (Å²) in [6.45, 7) is -0.616. The van der Waals surface area contributed by atoms with Gasteiger partial charge in [-0.3, -0.25) is 14.7 Å². The standard InChI is InChI=1S/C30H32F6N4O5/c1-44-27(42)24-16-45-13-12-39(24)28(43)40(23-5-4-18(14-22(23)31)17-2-3-17)25(20-15-37-11-8-21(20)30(34,35)36)26(41)38-19-6-9-29(32,33)10-7-19/h4-5,8,11,14-15,17,19,24-25H,2-3,6-7,9-10,12-13,16H2,1H3,(H,38,41)/t24-,25?/m1/s1. The van der Waals surface area contributed by atoms with Crippen LogP contribution in [0.15, 0.2) is 36.7 Å². The van der Waals surface area contributed by atoms with E-state index in [1.54, 1.807) is 0 Å². The number of hydrogen-bond acceptors (Lipinski definition) is 6. The van der Waals surface area contributed by atoms with Crippen LogP contribution >= 0.6 is 0 Å². The second kappa shape index (κ2) is 12.9. The third-order valence-corrected chi connectivity index (χ3v) is 8.36. The Bertz CT molecular complexity index is 1430. The van der Waals surface area contributed by atoms with E-state index in [4.69, 9.17) is 9.47 Å². The van der Waals surface area contributed by atoms with Gasteiger partial charge in [-0.1, -0.05) is 6.07 Å². The molecule has 5 rings (SSSR count). The van der Waals surface area contributed by atoms with Crippen molar-refractivity contribution in [2.24, 2.45) is 0 Å². The third-order valence-electron chi connectivity index (χ3n) is 8.36. The molecular weight excluding hydrogens is 610 g/mol. The van der Waals surface area contributed by atoms with Crippen molar-refractivity contribution >= 4 is 23.6 Å². The van der Waals surface area contributed by atoms with Gasteiger partial charge >= 0.3 is 18.2 Å². The van der Waals surface area contributed by atoms with Crippen molar-refractivity contribution < 1.29 is 50.2 Å². The van der Waals surface area contributed by atoms with Crippen molar-refractivity contribution in [1.82, 2.24) is 15.2 Å². The Kier molecular flexibility index (Phi) is 9.28. The maximum absolute atomic E-state index is 16.0. The minimum Gasteiger partial charge on any atom is -0.467 e. The average Bonchev–Trinajstić information content (AvgIpc) is 3.86. The highest BCUT2D eigenvalue weighted by Gasteiger charge is 2.46. The summed E-state index contributed by atoms with van der Waals surface area (Å²) >= 11 is 0. The first-order chi connectivity index (χ1) is 21.3. The van der Waals surface area contributed by atoms with Crippen LogP contribution in [0.5, 0.6) is 0 Å². The third kappa shape index (κ3) is 7.18. The number of esters is 1. The van der Waals surface area contributed by atoms with E-state index in [2.05, 4.69) is 10.3 Å². The van der Waals surface area contributed by atoms with Crippen molar-refractivity contribution in [1.29, 1.82) is 0 Å². The van der Waals surface area contributed by atoms with E-state index in [1.807, 2.05) is 0 Å². The van der Waals surface area contributed by atoms with E-state index in [0.717, 1.165) is 43.3 Å². The molecule has 0 radical (unpaired) electrons. The van der Waals surface area contributed by atoms with Crippen LogP contribution in [0.25, 0.3) is 0 Å². The summed E-state index contributed by atoms with van der Waals surface area (Å²) in [6, 6.07) is -1.02. The average molecular weight is 643 g/mol.